The summed E-state index contributed by atoms with van der Waals surface area (Å²) in [6, 6.07) is 7.59. The number of piperazine rings is 1. The fraction of sp³-hybridized carbons (Fsp3) is 0.391. The highest BCUT2D eigenvalue weighted by atomic mass is 19.1. The maximum Gasteiger partial charge on any atom is 0.190 e. The normalized spacial score (nSPS) is 20.9. The summed E-state index contributed by atoms with van der Waals surface area (Å²) < 4.78 is 21.0. The lowest BCUT2D eigenvalue weighted by Crippen LogP contribution is -2.52. The molecule has 3 N–H and O–H groups in total. The Bertz CT molecular complexity index is 1110. The van der Waals surface area contributed by atoms with Crippen molar-refractivity contribution in [1.29, 1.82) is 5.41 Å². The van der Waals surface area contributed by atoms with Crippen molar-refractivity contribution in [2.45, 2.75) is 19.3 Å². The fourth-order valence-electron chi connectivity index (χ4n) is 4.47. The van der Waals surface area contributed by atoms with E-state index in [9.17, 15) is 0 Å². The number of H-pyrrole nitrogens is 1. The zero-order valence-corrected chi connectivity index (χ0v) is 19.0. The van der Waals surface area contributed by atoms with Crippen molar-refractivity contribution in [2.24, 2.45) is 0 Å². The number of hydrogen-bond acceptors (Lipinski definition) is 9. The highest BCUT2D eigenvalue weighted by Gasteiger charge is 2.30. The van der Waals surface area contributed by atoms with Crippen LogP contribution in [0, 0.1) is 5.41 Å². The largest absolute Gasteiger partial charge is 0.377 e. The maximum absolute atomic E-state index is 15.4. The molecule has 2 fully saturated rings. The highest BCUT2D eigenvalue weighted by molar-refractivity contribution is 5.94. The number of morpholine rings is 1. The van der Waals surface area contributed by atoms with Crippen molar-refractivity contribution >= 4 is 35.0 Å². The minimum absolute atomic E-state index is 0.149. The number of nitrogens with one attached hydrogen (secondary N) is 3. The zero-order chi connectivity index (χ0) is 23.5. The lowest BCUT2D eigenvalue weighted by Gasteiger charge is -2.41. The number of alkyl halides is 1. The molecule has 178 valence electrons. The van der Waals surface area contributed by atoms with Gasteiger partial charge in [0.25, 0.3) is 0 Å². The Kier molecular flexibility index (Phi) is 6.26. The van der Waals surface area contributed by atoms with Gasteiger partial charge in [-0.1, -0.05) is 0 Å². The van der Waals surface area contributed by atoms with Crippen LogP contribution in [0.3, 0.4) is 0 Å². The second-order valence-corrected chi connectivity index (χ2v) is 8.40. The smallest absolute Gasteiger partial charge is 0.190 e. The van der Waals surface area contributed by atoms with Gasteiger partial charge in [-0.05, 0) is 19.1 Å². The summed E-state index contributed by atoms with van der Waals surface area (Å²) in [6.45, 7) is 5.30. The SMILES string of the molecule is C[C@@H]1COCCN1c1cc(N2CCN(c3cccnc3)C(F)C2)c(C=N)c(Nc2ccn[nH]2)n1. The molecule has 0 spiro atoms. The van der Waals surface area contributed by atoms with Crippen LogP contribution in [0.4, 0.5) is 33.2 Å². The quantitative estimate of drug-likeness (QED) is 0.377. The van der Waals surface area contributed by atoms with Gasteiger partial charge >= 0.3 is 0 Å². The van der Waals surface area contributed by atoms with Gasteiger partial charge < -0.3 is 30.2 Å². The lowest BCUT2D eigenvalue weighted by molar-refractivity contribution is 0.0985. The van der Waals surface area contributed by atoms with Crippen LogP contribution in [0.2, 0.25) is 0 Å². The molecule has 2 atom stereocenters. The zero-order valence-electron chi connectivity index (χ0n) is 19.0. The molecular formula is C23H28FN9O. The van der Waals surface area contributed by atoms with Crippen molar-refractivity contribution in [3.05, 3.63) is 48.4 Å². The summed E-state index contributed by atoms with van der Waals surface area (Å²) in [6.07, 6.45) is 5.07. The summed E-state index contributed by atoms with van der Waals surface area (Å²) in [7, 11) is 0. The van der Waals surface area contributed by atoms with E-state index in [1.807, 2.05) is 23.1 Å². The molecule has 3 aromatic rings. The molecule has 3 aromatic heterocycles. The number of anilines is 5. The van der Waals surface area contributed by atoms with E-state index in [1.54, 1.807) is 29.6 Å². The molecule has 2 aliphatic rings. The van der Waals surface area contributed by atoms with Crippen LogP contribution in [0.5, 0.6) is 0 Å². The Hall–Kier alpha value is -3.73. The summed E-state index contributed by atoms with van der Waals surface area (Å²) >= 11 is 0. The Labute approximate surface area is 197 Å². The van der Waals surface area contributed by atoms with Crippen LogP contribution >= 0.6 is 0 Å². The Morgan fingerprint density at radius 2 is 2.15 bits per heavy atom. The second-order valence-electron chi connectivity index (χ2n) is 8.40. The molecule has 2 aliphatic heterocycles. The Morgan fingerprint density at radius 3 is 2.85 bits per heavy atom. The molecule has 5 rings (SSSR count). The van der Waals surface area contributed by atoms with Gasteiger partial charge in [-0.15, -0.1) is 0 Å². The third-order valence-electron chi connectivity index (χ3n) is 6.22. The van der Waals surface area contributed by atoms with E-state index < -0.39 is 6.30 Å². The average Bonchev–Trinajstić information content (AvgIpc) is 3.37. The van der Waals surface area contributed by atoms with E-state index in [0.717, 1.165) is 17.2 Å². The third-order valence-corrected chi connectivity index (χ3v) is 6.22. The van der Waals surface area contributed by atoms with E-state index in [1.165, 1.54) is 6.21 Å². The van der Waals surface area contributed by atoms with Gasteiger partial charge in [0.2, 0.25) is 0 Å². The first-order valence-electron chi connectivity index (χ1n) is 11.4. The number of ether oxygens (including phenoxy) is 1. The first kappa shape index (κ1) is 22.1. The van der Waals surface area contributed by atoms with Crippen LogP contribution in [0.1, 0.15) is 12.5 Å². The van der Waals surface area contributed by atoms with Crippen LogP contribution in [-0.2, 0) is 4.74 Å². The molecule has 0 saturated carbocycles. The molecule has 2 saturated heterocycles. The molecular weight excluding hydrogens is 437 g/mol. The van der Waals surface area contributed by atoms with Gasteiger partial charge in [0.15, 0.2) is 6.30 Å². The second kappa shape index (κ2) is 9.64. The van der Waals surface area contributed by atoms with Gasteiger partial charge in [0.05, 0.1) is 55.1 Å². The lowest BCUT2D eigenvalue weighted by atomic mass is 10.1. The molecule has 1 unspecified atom stereocenters. The summed E-state index contributed by atoms with van der Waals surface area (Å²) in [5, 5.41) is 18.3. The Balaban J connectivity index is 1.50. The average molecular weight is 466 g/mol. The van der Waals surface area contributed by atoms with E-state index in [2.05, 4.69) is 32.3 Å². The number of pyridine rings is 2. The minimum Gasteiger partial charge on any atom is -0.377 e. The predicted molar refractivity (Wildman–Crippen MR) is 130 cm³/mol. The van der Waals surface area contributed by atoms with E-state index in [4.69, 9.17) is 15.1 Å². The Morgan fingerprint density at radius 1 is 1.24 bits per heavy atom. The van der Waals surface area contributed by atoms with Gasteiger partial charge in [0, 0.05) is 44.2 Å². The van der Waals surface area contributed by atoms with E-state index >= 15 is 4.39 Å². The maximum atomic E-state index is 15.4. The fourth-order valence-corrected chi connectivity index (χ4v) is 4.47. The number of nitrogens with zero attached hydrogens (tertiary/aromatic N) is 6. The van der Waals surface area contributed by atoms with E-state index in [0.29, 0.717) is 50.0 Å². The number of aromatic nitrogens is 4. The number of aromatic amines is 1. The molecule has 0 bridgehead atoms. The molecule has 0 amide bonds. The molecule has 11 heteroatoms. The van der Waals surface area contributed by atoms with Crippen molar-refractivity contribution in [1.82, 2.24) is 20.2 Å². The number of halogens is 1. The molecule has 0 radical (unpaired) electrons. The monoisotopic (exact) mass is 465 g/mol. The molecule has 34 heavy (non-hydrogen) atoms. The minimum atomic E-state index is -1.21. The first-order valence-corrected chi connectivity index (χ1v) is 11.4. The number of rotatable bonds is 6. The van der Waals surface area contributed by atoms with Gasteiger partial charge in [-0.3, -0.25) is 10.1 Å². The third kappa shape index (κ3) is 4.38. The van der Waals surface area contributed by atoms with Gasteiger partial charge in [-0.2, -0.15) is 5.10 Å². The van der Waals surface area contributed by atoms with Crippen LogP contribution < -0.4 is 20.0 Å². The van der Waals surface area contributed by atoms with Crippen molar-refractivity contribution in [2.75, 3.05) is 59.4 Å². The van der Waals surface area contributed by atoms with Crippen LogP contribution in [0.15, 0.2) is 42.9 Å². The van der Waals surface area contributed by atoms with Crippen molar-refractivity contribution < 1.29 is 9.13 Å². The standard InChI is InChI=1S/C23H28FN9O/c1-16-15-34-10-9-32(16)22-11-19(18(12-25)23(29-22)28-21-4-6-27-30-21)31-7-8-33(20(24)14-31)17-3-2-5-26-13-17/h2-6,11-13,16,20,25H,7-10,14-15H2,1H3,(H2,27,28,29,30)/t16-,20?/m1/s1. The topological polar surface area (TPSA) is 109 Å². The molecule has 5 heterocycles. The van der Waals surface area contributed by atoms with Gasteiger partial charge in [0.1, 0.15) is 17.5 Å². The van der Waals surface area contributed by atoms with Crippen LogP contribution in [-0.4, -0.2) is 78.1 Å². The summed E-state index contributed by atoms with van der Waals surface area (Å²) in [5.41, 5.74) is 2.14. The molecule has 10 nitrogen and oxygen atoms in total. The van der Waals surface area contributed by atoms with Crippen molar-refractivity contribution in [3.8, 4) is 0 Å². The summed E-state index contributed by atoms with van der Waals surface area (Å²) in [4.78, 5) is 14.9. The molecule has 0 aromatic carbocycles. The predicted octanol–water partition coefficient (Wildman–Crippen LogP) is 2.79. The van der Waals surface area contributed by atoms with Gasteiger partial charge in [-0.25, -0.2) is 9.37 Å². The van der Waals surface area contributed by atoms with Crippen molar-refractivity contribution in [3.63, 3.8) is 0 Å². The molecule has 0 aliphatic carbocycles. The first-order chi connectivity index (χ1) is 16.6. The number of hydrogen-bond donors (Lipinski definition) is 3. The van der Waals surface area contributed by atoms with Crippen LogP contribution in [0.25, 0.3) is 0 Å². The summed E-state index contributed by atoms with van der Waals surface area (Å²) in [5.74, 6) is 1.96. The van der Waals surface area contributed by atoms with E-state index in [-0.39, 0.29) is 12.6 Å². The highest BCUT2D eigenvalue weighted by Crippen LogP contribution is 2.34.